The molecule has 0 saturated carbocycles. The Bertz CT molecular complexity index is 1060. The first-order valence-electron chi connectivity index (χ1n) is 9.68. The summed E-state index contributed by atoms with van der Waals surface area (Å²) in [5.41, 5.74) is 2.53. The summed E-state index contributed by atoms with van der Waals surface area (Å²) in [6.07, 6.45) is -0.593. The Balaban J connectivity index is 2.33. The van der Waals surface area contributed by atoms with E-state index in [1.54, 1.807) is 24.3 Å². The van der Waals surface area contributed by atoms with Crippen molar-refractivity contribution in [3.63, 3.8) is 0 Å². The Hall–Kier alpha value is -3.88. The smallest absolute Gasteiger partial charge is 0.303 e. The molecule has 9 heteroatoms. The lowest BCUT2D eigenvalue weighted by molar-refractivity contribution is -0.143. The number of phenolic OH excluding ortho intramolecular Hbond substituents is 1. The van der Waals surface area contributed by atoms with Crippen molar-refractivity contribution in [1.82, 2.24) is 0 Å². The lowest BCUT2D eigenvalue weighted by atomic mass is 9.94. The number of carbonyl (C=O) groups excluding carboxylic acids is 1. The number of esters is 1. The molecule has 0 aromatic heterocycles. The highest BCUT2D eigenvalue weighted by atomic mass is 16.5. The van der Waals surface area contributed by atoms with E-state index < -0.39 is 12.1 Å². The molecular weight excluding hydrogens is 418 g/mol. The van der Waals surface area contributed by atoms with Gasteiger partial charge in [0.15, 0.2) is 23.0 Å². The normalized spacial score (nSPS) is 16.8. The SMILES string of the molecule is COc1ccc(C2=C(c3cc(OC)c(OC)c(OC)c3)/C(=N\O)CC2OC(C)=O)cc1O. The van der Waals surface area contributed by atoms with Crippen LogP contribution in [-0.2, 0) is 9.53 Å². The highest BCUT2D eigenvalue weighted by Crippen LogP contribution is 2.46. The van der Waals surface area contributed by atoms with Crippen LogP contribution in [-0.4, -0.2) is 56.5 Å². The van der Waals surface area contributed by atoms with Crippen molar-refractivity contribution in [2.24, 2.45) is 5.16 Å². The first-order chi connectivity index (χ1) is 15.4. The van der Waals surface area contributed by atoms with Gasteiger partial charge in [0.1, 0.15) is 6.10 Å². The first kappa shape index (κ1) is 22.8. The highest BCUT2D eigenvalue weighted by Gasteiger charge is 2.36. The molecular formula is C23H25NO8. The molecule has 1 aliphatic carbocycles. The van der Waals surface area contributed by atoms with Crippen LogP contribution in [0, 0.1) is 0 Å². The van der Waals surface area contributed by atoms with Crippen molar-refractivity contribution < 1.29 is 38.8 Å². The number of oxime groups is 1. The predicted octanol–water partition coefficient (Wildman–Crippen LogP) is 3.50. The zero-order valence-corrected chi connectivity index (χ0v) is 18.5. The van der Waals surface area contributed by atoms with E-state index in [4.69, 9.17) is 23.7 Å². The molecule has 32 heavy (non-hydrogen) atoms. The lowest BCUT2D eigenvalue weighted by Crippen LogP contribution is -2.16. The molecule has 0 heterocycles. The molecule has 2 N–H and O–H groups in total. The summed E-state index contributed by atoms with van der Waals surface area (Å²) < 4.78 is 27.0. The van der Waals surface area contributed by atoms with Crippen molar-refractivity contribution in [1.29, 1.82) is 0 Å². The second kappa shape index (κ2) is 9.51. The molecule has 9 nitrogen and oxygen atoms in total. The quantitative estimate of drug-likeness (QED) is 0.379. The fourth-order valence-electron chi connectivity index (χ4n) is 3.82. The molecule has 170 valence electrons. The lowest BCUT2D eigenvalue weighted by Gasteiger charge is -2.18. The van der Waals surface area contributed by atoms with Crippen molar-refractivity contribution in [2.75, 3.05) is 28.4 Å². The Labute approximate surface area is 185 Å². The maximum atomic E-state index is 11.8. The number of benzene rings is 2. The van der Waals surface area contributed by atoms with E-state index in [0.29, 0.717) is 51.0 Å². The number of rotatable bonds is 7. The number of ether oxygens (including phenoxy) is 5. The van der Waals surface area contributed by atoms with Crippen LogP contribution in [0.3, 0.4) is 0 Å². The van der Waals surface area contributed by atoms with Crippen LogP contribution in [0.15, 0.2) is 35.5 Å². The van der Waals surface area contributed by atoms with E-state index in [1.807, 2.05) is 0 Å². The number of carbonyl (C=O) groups is 1. The Morgan fingerprint density at radius 3 is 2.03 bits per heavy atom. The Kier molecular flexibility index (Phi) is 6.77. The van der Waals surface area contributed by atoms with E-state index in [2.05, 4.69) is 5.16 Å². The van der Waals surface area contributed by atoms with Gasteiger partial charge in [-0.25, -0.2) is 0 Å². The van der Waals surface area contributed by atoms with Crippen molar-refractivity contribution >= 4 is 22.8 Å². The largest absolute Gasteiger partial charge is 0.504 e. The minimum Gasteiger partial charge on any atom is -0.504 e. The topological polar surface area (TPSA) is 116 Å². The summed E-state index contributed by atoms with van der Waals surface area (Å²) in [4.78, 5) is 11.8. The van der Waals surface area contributed by atoms with Crippen LogP contribution >= 0.6 is 0 Å². The standard InChI is InChI=1S/C23H25NO8/c1-12(25)32-18-11-15(24-27)21(22(18)13-6-7-17(28-2)16(26)8-13)14-9-19(29-3)23(31-5)20(10-14)30-4/h6-10,18,26-27H,11H2,1-5H3/b24-15-. The first-order valence-corrected chi connectivity index (χ1v) is 9.68. The molecule has 1 atom stereocenters. The Morgan fingerprint density at radius 2 is 1.56 bits per heavy atom. The van der Waals surface area contributed by atoms with Gasteiger partial charge in [0.25, 0.3) is 0 Å². The van der Waals surface area contributed by atoms with Gasteiger partial charge in [-0.3, -0.25) is 4.79 Å². The number of methoxy groups -OCH3 is 4. The number of phenols is 1. The average molecular weight is 443 g/mol. The molecule has 2 aromatic rings. The van der Waals surface area contributed by atoms with Gasteiger partial charge in [0, 0.05) is 24.5 Å². The van der Waals surface area contributed by atoms with E-state index in [9.17, 15) is 15.1 Å². The second-order valence-corrected chi connectivity index (χ2v) is 6.94. The fraction of sp³-hybridized carbons (Fsp3) is 0.304. The molecule has 0 saturated heterocycles. The number of allylic oxidation sites excluding steroid dienone is 1. The molecule has 3 rings (SSSR count). The van der Waals surface area contributed by atoms with Crippen molar-refractivity contribution in [3.05, 3.63) is 41.5 Å². The molecule has 0 spiro atoms. The minimum atomic E-state index is -0.736. The number of hydrogen-bond donors (Lipinski definition) is 2. The van der Waals surface area contributed by atoms with Crippen LogP contribution in [0.4, 0.5) is 0 Å². The molecule has 2 aromatic carbocycles. The summed E-state index contributed by atoms with van der Waals surface area (Å²) >= 11 is 0. The third kappa shape index (κ3) is 4.14. The summed E-state index contributed by atoms with van der Waals surface area (Å²) in [7, 11) is 5.94. The maximum Gasteiger partial charge on any atom is 0.303 e. The summed E-state index contributed by atoms with van der Waals surface area (Å²) in [5.74, 6) is 0.923. The van der Waals surface area contributed by atoms with Gasteiger partial charge in [-0.1, -0.05) is 11.2 Å². The van der Waals surface area contributed by atoms with E-state index in [-0.39, 0.29) is 12.2 Å². The molecule has 0 aliphatic heterocycles. The maximum absolute atomic E-state index is 11.8. The number of nitrogens with zero attached hydrogens (tertiary/aromatic N) is 1. The third-order valence-corrected chi connectivity index (χ3v) is 5.13. The van der Waals surface area contributed by atoms with Gasteiger partial charge in [-0.05, 0) is 35.4 Å². The van der Waals surface area contributed by atoms with Crippen LogP contribution in [0.2, 0.25) is 0 Å². The summed E-state index contributed by atoms with van der Waals surface area (Å²) in [6, 6.07) is 8.25. The van der Waals surface area contributed by atoms with Gasteiger partial charge >= 0.3 is 5.97 Å². The molecule has 1 aliphatic rings. The summed E-state index contributed by atoms with van der Waals surface area (Å²) in [6.45, 7) is 1.30. The van der Waals surface area contributed by atoms with E-state index >= 15 is 0 Å². The van der Waals surface area contributed by atoms with E-state index in [0.717, 1.165) is 0 Å². The highest BCUT2D eigenvalue weighted by molar-refractivity contribution is 6.34. The molecule has 0 bridgehead atoms. The monoisotopic (exact) mass is 443 g/mol. The number of aromatic hydroxyl groups is 1. The zero-order chi connectivity index (χ0) is 23.4. The van der Waals surface area contributed by atoms with Gasteiger partial charge in [-0.2, -0.15) is 0 Å². The predicted molar refractivity (Wildman–Crippen MR) is 117 cm³/mol. The van der Waals surface area contributed by atoms with Gasteiger partial charge in [0.2, 0.25) is 5.75 Å². The summed E-state index contributed by atoms with van der Waals surface area (Å²) in [5, 5.41) is 23.6. The van der Waals surface area contributed by atoms with Crippen LogP contribution in [0.25, 0.3) is 11.1 Å². The van der Waals surface area contributed by atoms with Gasteiger partial charge < -0.3 is 34.0 Å². The van der Waals surface area contributed by atoms with Crippen molar-refractivity contribution in [3.8, 4) is 28.7 Å². The molecule has 0 amide bonds. The molecule has 1 unspecified atom stereocenters. The zero-order valence-electron chi connectivity index (χ0n) is 18.5. The van der Waals surface area contributed by atoms with Crippen LogP contribution in [0.1, 0.15) is 24.5 Å². The second-order valence-electron chi connectivity index (χ2n) is 6.94. The van der Waals surface area contributed by atoms with Gasteiger partial charge in [-0.15, -0.1) is 0 Å². The van der Waals surface area contributed by atoms with Gasteiger partial charge in [0.05, 0.1) is 34.2 Å². The van der Waals surface area contributed by atoms with E-state index in [1.165, 1.54) is 41.4 Å². The average Bonchev–Trinajstić information content (AvgIpc) is 3.15. The third-order valence-electron chi connectivity index (χ3n) is 5.13. The fourth-order valence-corrected chi connectivity index (χ4v) is 3.82. The minimum absolute atomic E-state index is 0.0855. The van der Waals surface area contributed by atoms with Crippen molar-refractivity contribution in [2.45, 2.75) is 19.4 Å². The van der Waals surface area contributed by atoms with Crippen LogP contribution in [0.5, 0.6) is 28.7 Å². The molecule has 0 radical (unpaired) electrons. The Morgan fingerprint density at radius 1 is 0.938 bits per heavy atom. The molecule has 0 fully saturated rings. The van der Waals surface area contributed by atoms with Crippen LogP contribution < -0.4 is 18.9 Å². The number of hydrogen-bond acceptors (Lipinski definition) is 9.